The summed E-state index contributed by atoms with van der Waals surface area (Å²) in [4.78, 5) is 31.0. The van der Waals surface area contributed by atoms with E-state index >= 15 is 0 Å². The van der Waals surface area contributed by atoms with Crippen molar-refractivity contribution in [2.24, 2.45) is 5.73 Å². The molecule has 254 valence electrons. The van der Waals surface area contributed by atoms with Crippen molar-refractivity contribution in [1.82, 2.24) is 14.9 Å². The maximum absolute atomic E-state index is 14.6. The minimum absolute atomic E-state index is 0.0913. The van der Waals surface area contributed by atoms with Gasteiger partial charge in [0, 0.05) is 51.3 Å². The fourth-order valence-corrected chi connectivity index (χ4v) is 9.64. The monoisotopic (exact) mass is 677 g/mol. The number of likely N-dealkylation sites (tertiary alicyclic amines) is 1. The minimum Gasteiger partial charge on any atom is -0.474 e. The van der Waals surface area contributed by atoms with E-state index in [1.807, 2.05) is 18.9 Å². The average Bonchev–Trinajstić information content (AvgIpc) is 3.66. The van der Waals surface area contributed by atoms with Gasteiger partial charge in [0.15, 0.2) is 5.82 Å². The molecule has 1 saturated heterocycles. The molecule has 0 amide bonds. The lowest BCUT2D eigenvalue weighted by atomic mass is 9.80. The highest BCUT2D eigenvalue weighted by Crippen LogP contribution is 2.49. The smallest absolute Gasteiger partial charge is 0.244 e. The summed E-state index contributed by atoms with van der Waals surface area (Å²) in [7, 11) is 4.10. The van der Waals surface area contributed by atoms with Crippen LogP contribution in [-0.4, -0.2) is 58.7 Å². The molecule has 2 aromatic rings. The number of Topliss-reactive ketones (excluding diaryl/α,β-unsaturated/α-hetero) is 1. The maximum Gasteiger partial charge on any atom is 0.244 e. The minimum atomic E-state index is -0.271. The number of nitriles is 1. The van der Waals surface area contributed by atoms with Crippen molar-refractivity contribution in [1.29, 1.82) is 5.26 Å². The van der Waals surface area contributed by atoms with E-state index in [4.69, 9.17) is 20.4 Å². The van der Waals surface area contributed by atoms with Gasteiger partial charge in [-0.15, -0.1) is 11.3 Å². The second kappa shape index (κ2) is 15.0. The standard InChI is InChI=1S/C36H51N7O2S2/c1-9-13-25(11-3)47-43-23(6)42(8)32-35(43)39-34(40-36(32)45-20-24-18-17-21(4)41(24)7)33(44)27(14-10-2)31(38)26-15-12-16-29-30(26)28(19-37)22(5)46-29/h21,24-26H,6,9-18,20,38H2,1-5,7-8H3/b31-27-/t21-,24-,25?,26-/m0/s1. The molecule has 3 aliphatic rings. The summed E-state index contributed by atoms with van der Waals surface area (Å²) < 4.78 is 8.60. The summed E-state index contributed by atoms with van der Waals surface area (Å²) in [5.74, 6) is 1.45. The van der Waals surface area contributed by atoms with Crippen LogP contribution in [0, 0.1) is 18.3 Å². The molecule has 11 heteroatoms. The maximum atomic E-state index is 14.6. The third kappa shape index (κ3) is 6.79. The number of likely N-dealkylation sites (N-methyl/N-ethyl adjacent to an activating group) is 1. The second-order valence-electron chi connectivity index (χ2n) is 13.2. The Morgan fingerprint density at radius 1 is 1.21 bits per heavy atom. The predicted octanol–water partition coefficient (Wildman–Crippen LogP) is 7.85. The number of aryl methyl sites for hydroxylation is 2. The highest BCUT2D eigenvalue weighted by atomic mass is 32.2. The van der Waals surface area contributed by atoms with Gasteiger partial charge in [-0.1, -0.05) is 40.2 Å². The average molecular weight is 678 g/mol. The van der Waals surface area contributed by atoms with Crippen LogP contribution in [0.5, 0.6) is 5.88 Å². The number of carbonyl (C=O) groups is 1. The molecule has 2 N–H and O–H groups in total. The summed E-state index contributed by atoms with van der Waals surface area (Å²) in [6, 6.07) is 3.18. The molecule has 2 aliphatic heterocycles. The van der Waals surface area contributed by atoms with Crippen LogP contribution in [-0.2, 0) is 6.42 Å². The molecule has 0 bridgehead atoms. The van der Waals surface area contributed by atoms with Crippen LogP contribution in [0.25, 0.3) is 0 Å². The lowest BCUT2D eigenvalue weighted by molar-refractivity contribution is 0.101. The molecule has 4 atom stereocenters. The summed E-state index contributed by atoms with van der Waals surface area (Å²) >= 11 is 3.39. The van der Waals surface area contributed by atoms with Crippen LogP contribution in [0.4, 0.5) is 11.5 Å². The molecule has 1 unspecified atom stereocenters. The molecule has 9 nitrogen and oxygen atoms in total. The Bertz CT molecular complexity index is 1580. The number of carbonyl (C=O) groups excluding carboxylic acids is 1. The van der Waals surface area contributed by atoms with Gasteiger partial charge in [0.1, 0.15) is 24.2 Å². The number of anilines is 2. The molecule has 0 saturated carbocycles. The van der Waals surface area contributed by atoms with E-state index in [-0.39, 0.29) is 23.6 Å². The highest BCUT2D eigenvalue weighted by Gasteiger charge is 2.39. The lowest BCUT2D eigenvalue weighted by Gasteiger charge is -2.26. The first-order valence-electron chi connectivity index (χ1n) is 17.3. The van der Waals surface area contributed by atoms with Gasteiger partial charge in [0.05, 0.1) is 5.56 Å². The van der Waals surface area contributed by atoms with Gasteiger partial charge in [-0.05, 0) is 89.8 Å². The Balaban J connectivity index is 1.59. The summed E-state index contributed by atoms with van der Waals surface area (Å²) in [6.45, 7) is 15.6. The largest absolute Gasteiger partial charge is 0.474 e. The highest BCUT2D eigenvalue weighted by molar-refractivity contribution is 8.01. The van der Waals surface area contributed by atoms with Crippen LogP contribution in [0.3, 0.4) is 0 Å². The number of rotatable bonds is 13. The van der Waals surface area contributed by atoms with E-state index in [0.29, 0.717) is 52.9 Å². The van der Waals surface area contributed by atoms with Crippen LogP contribution < -0.4 is 19.7 Å². The second-order valence-corrected chi connectivity index (χ2v) is 15.8. The number of allylic oxidation sites excluding steroid dienone is 2. The fourth-order valence-electron chi connectivity index (χ4n) is 7.16. The molecule has 0 spiro atoms. The van der Waals surface area contributed by atoms with Crippen molar-refractivity contribution in [2.45, 2.75) is 122 Å². The summed E-state index contributed by atoms with van der Waals surface area (Å²) in [5, 5.41) is 10.4. The number of thiophene rings is 1. The number of nitrogens with zero attached hydrogens (tertiary/aromatic N) is 6. The summed E-state index contributed by atoms with van der Waals surface area (Å²) in [5.41, 5.74) is 10.5. The van der Waals surface area contributed by atoms with E-state index in [2.05, 4.69) is 56.6 Å². The van der Waals surface area contributed by atoms with Crippen molar-refractivity contribution >= 4 is 40.6 Å². The van der Waals surface area contributed by atoms with Crippen LogP contribution >= 0.6 is 23.3 Å². The van der Waals surface area contributed by atoms with E-state index < -0.39 is 0 Å². The first-order valence-corrected chi connectivity index (χ1v) is 18.9. The van der Waals surface area contributed by atoms with Gasteiger partial charge >= 0.3 is 0 Å². The van der Waals surface area contributed by atoms with Gasteiger partial charge in [0.2, 0.25) is 17.5 Å². The first-order chi connectivity index (χ1) is 22.6. The van der Waals surface area contributed by atoms with Crippen LogP contribution in [0.1, 0.15) is 123 Å². The Labute approximate surface area is 289 Å². The zero-order valence-electron chi connectivity index (χ0n) is 29.2. The Kier molecular flexibility index (Phi) is 11.2. The van der Waals surface area contributed by atoms with Gasteiger partial charge in [0.25, 0.3) is 0 Å². The number of ether oxygens (including phenoxy) is 1. The van der Waals surface area contributed by atoms with Crippen LogP contribution in [0.2, 0.25) is 0 Å². The predicted molar refractivity (Wildman–Crippen MR) is 194 cm³/mol. The molecule has 4 heterocycles. The molecule has 0 radical (unpaired) electrons. The molecule has 0 aromatic carbocycles. The van der Waals surface area contributed by atoms with E-state index in [0.717, 1.165) is 79.7 Å². The third-order valence-corrected chi connectivity index (χ3v) is 12.8. The number of ketones is 1. The molecule has 47 heavy (non-hydrogen) atoms. The number of hydrogen-bond donors (Lipinski definition) is 1. The van der Waals surface area contributed by atoms with E-state index in [1.165, 1.54) is 4.88 Å². The van der Waals surface area contributed by atoms with Gasteiger partial charge in [-0.2, -0.15) is 10.2 Å². The normalized spacial score (nSPS) is 22.2. The van der Waals surface area contributed by atoms with E-state index in [9.17, 15) is 10.1 Å². The molecule has 2 aromatic heterocycles. The van der Waals surface area contributed by atoms with Crippen molar-refractivity contribution < 1.29 is 9.53 Å². The quantitative estimate of drug-likeness (QED) is 0.128. The first kappa shape index (κ1) is 35.2. The number of aromatic nitrogens is 2. The Hall–Kier alpha value is -3.07. The topological polar surface area (TPSA) is 112 Å². The lowest BCUT2D eigenvalue weighted by Crippen LogP contribution is -2.34. The van der Waals surface area contributed by atoms with Crippen molar-refractivity contribution in [3.8, 4) is 11.9 Å². The molecular formula is C36H51N7O2S2. The van der Waals surface area contributed by atoms with Crippen molar-refractivity contribution in [3.63, 3.8) is 0 Å². The zero-order valence-corrected chi connectivity index (χ0v) is 30.8. The number of fused-ring (bicyclic) bond motifs is 2. The van der Waals surface area contributed by atoms with Crippen LogP contribution in [0.15, 0.2) is 23.7 Å². The van der Waals surface area contributed by atoms with Crippen molar-refractivity contribution in [2.75, 3.05) is 29.9 Å². The van der Waals surface area contributed by atoms with E-state index in [1.54, 1.807) is 23.3 Å². The fraction of sp³-hybridized carbons (Fsp3) is 0.611. The number of hydrogen-bond acceptors (Lipinski definition) is 11. The molecule has 1 fully saturated rings. The Morgan fingerprint density at radius 2 is 1.98 bits per heavy atom. The Morgan fingerprint density at radius 3 is 2.62 bits per heavy atom. The molecule has 1 aliphatic carbocycles. The van der Waals surface area contributed by atoms with Crippen molar-refractivity contribution in [3.05, 3.63) is 50.4 Å². The van der Waals surface area contributed by atoms with Gasteiger partial charge < -0.3 is 15.4 Å². The third-order valence-electron chi connectivity index (χ3n) is 10.2. The number of nitrogens with two attached hydrogens (primary N) is 1. The van der Waals surface area contributed by atoms with Gasteiger partial charge in [-0.25, -0.2) is 4.98 Å². The molecule has 5 rings (SSSR count). The summed E-state index contributed by atoms with van der Waals surface area (Å²) in [6.07, 6.45) is 9.27. The zero-order chi connectivity index (χ0) is 34.0. The van der Waals surface area contributed by atoms with Gasteiger partial charge in [-0.3, -0.25) is 14.0 Å². The SMILES string of the molecule is C=C1N(C)c2c(OC[C@@H]3CC[C@H](C)N3C)nc(C(=O)/C(CCC)=C(\N)[C@H]3CCCc4sc(C)c(C#N)c43)nc2N1SC(CC)CCC. The molecular weight excluding hydrogens is 627 g/mol.